The van der Waals surface area contributed by atoms with Crippen LogP contribution < -0.4 is 4.74 Å². The van der Waals surface area contributed by atoms with E-state index in [1.54, 1.807) is 6.07 Å². The topological polar surface area (TPSA) is 82.3 Å². The number of hydrogen-bond donors (Lipinski definition) is 3. The van der Waals surface area contributed by atoms with Crippen LogP contribution in [0.4, 0.5) is 0 Å². The number of oxime groups is 1. The molecule has 0 aromatic heterocycles. The number of phenolic OH excluding ortho intramolecular Hbond substituents is 1. The molecule has 2 fully saturated rings. The molecule has 3 aliphatic rings. The fourth-order valence-electron chi connectivity index (χ4n) is 6.00. The highest BCUT2D eigenvalue weighted by molar-refractivity contribution is 6.02. The van der Waals surface area contributed by atoms with Crippen LogP contribution in [0.3, 0.4) is 0 Å². The maximum absolute atomic E-state index is 10.6. The van der Waals surface area contributed by atoms with Gasteiger partial charge in [-0.1, -0.05) is 12.1 Å². The second-order valence-corrected chi connectivity index (χ2v) is 8.44. The number of ether oxygens (including phenoxy) is 1. The summed E-state index contributed by atoms with van der Waals surface area (Å²) in [5, 5.41) is 34.0. The van der Waals surface area contributed by atoms with Crippen LogP contribution in [0.2, 0.25) is 0 Å². The standard InChI is InChI=1S/C21H29NO4/c1-3-26-19-11-14-12-8-9-21(2)16(5-7-20(21)24)13(12)4-6-17(22-25)15(14)10-18(19)23/h10-13,16,20,23-25H,3-9H2,1-2H3/b22-17-/t12?,13?,16?,20-,21-/m0/s1. The second-order valence-electron chi connectivity index (χ2n) is 8.44. The summed E-state index contributed by atoms with van der Waals surface area (Å²) in [6.07, 6.45) is 5.42. The summed E-state index contributed by atoms with van der Waals surface area (Å²) in [4.78, 5) is 0. The zero-order chi connectivity index (χ0) is 18.5. The van der Waals surface area contributed by atoms with Crippen LogP contribution in [-0.4, -0.2) is 33.8 Å². The molecule has 3 N–H and O–H groups in total. The molecule has 0 amide bonds. The fraction of sp³-hybridized carbons (Fsp3) is 0.667. The number of fused-ring (bicyclic) bond motifs is 5. The molecule has 5 atom stereocenters. The number of aromatic hydroxyl groups is 1. The van der Waals surface area contributed by atoms with Crippen LogP contribution in [0, 0.1) is 17.3 Å². The van der Waals surface area contributed by atoms with Gasteiger partial charge in [0.25, 0.3) is 0 Å². The van der Waals surface area contributed by atoms with E-state index in [9.17, 15) is 15.4 Å². The largest absolute Gasteiger partial charge is 0.504 e. The number of phenols is 1. The molecular weight excluding hydrogens is 330 g/mol. The van der Waals surface area contributed by atoms with E-state index in [4.69, 9.17) is 4.74 Å². The van der Waals surface area contributed by atoms with Gasteiger partial charge in [-0.2, -0.15) is 0 Å². The summed E-state index contributed by atoms with van der Waals surface area (Å²) in [5.41, 5.74) is 2.63. The normalized spacial score (nSPS) is 37.6. The van der Waals surface area contributed by atoms with E-state index in [2.05, 4.69) is 12.1 Å². The number of nitrogens with zero attached hydrogens (tertiary/aromatic N) is 1. The van der Waals surface area contributed by atoms with Gasteiger partial charge in [-0.25, -0.2) is 0 Å². The van der Waals surface area contributed by atoms with Crippen molar-refractivity contribution in [3.63, 3.8) is 0 Å². The van der Waals surface area contributed by atoms with Gasteiger partial charge in [-0.3, -0.25) is 0 Å². The number of aliphatic hydroxyl groups is 1. The van der Waals surface area contributed by atoms with Gasteiger partial charge in [0.1, 0.15) is 0 Å². The predicted molar refractivity (Wildman–Crippen MR) is 99.1 cm³/mol. The number of rotatable bonds is 2. The first-order valence-corrected chi connectivity index (χ1v) is 9.88. The summed E-state index contributed by atoms with van der Waals surface area (Å²) in [6, 6.07) is 3.66. The summed E-state index contributed by atoms with van der Waals surface area (Å²) in [6.45, 7) is 4.65. The molecule has 3 aliphatic carbocycles. The Morgan fingerprint density at radius 1 is 1.23 bits per heavy atom. The van der Waals surface area contributed by atoms with E-state index >= 15 is 0 Å². The minimum Gasteiger partial charge on any atom is -0.504 e. The first kappa shape index (κ1) is 17.7. The Kier molecular flexibility index (Phi) is 4.38. The Labute approximate surface area is 154 Å². The lowest BCUT2D eigenvalue weighted by Gasteiger charge is -2.47. The van der Waals surface area contributed by atoms with Gasteiger partial charge in [-0.15, -0.1) is 0 Å². The lowest BCUT2D eigenvalue weighted by molar-refractivity contribution is -0.0197. The molecule has 26 heavy (non-hydrogen) atoms. The smallest absolute Gasteiger partial charge is 0.161 e. The molecule has 0 bridgehead atoms. The Bertz CT molecular complexity index is 731. The average Bonchev–Trinajstić information content (AvgIpc) is 2.84. The van der Waals surface area contributed by atoms with E-state index in [0.29, 0.717) is 42.2 Å². The van der Waals surface area contributed by atoms with E-state index in [1.807, 2.05) is 13.0 Å². The Morgan fingerprint density at radius 3 is 2.77 bits per heavy atom. The van der Waals surface area contributed by atoms with Crippen molar-refractivity contribution < 1.29 is 20.2 Å². The Balaban J connectivity index is 1.81. The third-order valence-corrected chi connectivity index (χ3v) is 7.36. The first-order chi connectivity index (χ1) is 12.5. The maximum Gasteiger partial charge on any atom is 0.161 e. The van der Waals surface area contributed by atoms with Gasteiger partial charge in [0, 0.05) is 5.56 Å². The van der Waals surface area contributed by atoms with Crippen molar-refractivity contribution in [2.75, 3.05) is 6.61 Å². The van der Waals surface area contributed by atoms with E-state index < -0.39 is 0 Å². The maximum atomic E-state index is 10.6. The van der Waals surface area contributed by atoms with Crippen LogP contribution in [0.25, 0.3) is 0 Å². The molecule has 0 spiro atoms. The third kappa shape index (κ3) is 2.51. The van der Waals surface area contributed by atoms with Gasteiger partial charge >= 0.3 is 0 Å². The van der Waals surface area contributed by atoms with Crippen LogP contribution in [0.5, 0.6) is 11.5 Å². The first-order valence-electron chi connectivity index (χ1n) is 9.88. The molecule has 142 valence electrons. The van der Waals surface area contributed by atoms with Gasteiger partial charge in [0.15, 0.2) is 11.5 Å². The highest BCUT2D eigenvalue weighted by Gasteiger charge is 2.54. The molecule has 1 aromatic carbocycles. The lowest BCUT2D eigenvalue weighted by atomic mass is 9.58. The number of aliphatic hydroxyl groups excluding tert-OH is 1. The third-order valence-electron chi connectivity index (χ3n) is 7.36. The van der Waals surface area contributed by atoms with Crippen molar-refractivity contribution in [1.29, 1.82) is 0 Å². The summed E-state index contributed by atoms with van der Waals surface area (Å²) in [7, 11) is 0. The predicted octanol–water partition coefficient (Wildman–Crippen LogP) is 4.03. The minimum atomic E-state index is -0.207. The Morgan fingerprint density at radius 2 is 2.04 bits per heavy atom. The quantitative estimate of drug-likeness (QED) is 0.550. The monoisotopic (exact) mass is 359 g/mol. The van der Waals surface area contributed by atoms with E-state index in [0.717, 1.165) is 43.2 Å². The molecule has 0 aliphatic heterocycles. The molecule has 2 saturated carbocycles. The molecule has 5 nitrogen and oxygen atoms in total. The number of hydrogen-bond acceptors (Lipinski definition) is 5. The number of benzene rings is 1. The van der Waals surface area contributed by atoms with Crippen LogP contribution in [0.1, 0.15) is 69.4 Å². The molecule has 5 heteroatoms. The molecular formula is C21H29NO4. The van der Waals surface area contributed by atoms with Crippen molar-refractivity contribution in [3.8, 4) is 11.5 Å². The van der Waals surface area contributed by atoms with Crippen molar-refractivity contribution in [2.24, 2.45) is 22.4 Å². The molecule has 4 rings (SSSR count). The minimum absolute atomic E-state index is 0.00184. The van der Waals surface area contributed by atoms with Crippen molar-refractivity contribution in [2.45, 2.75) is 64.4 Å². The van der Waals surface area contributed by atoms with Crippen LogP contribution in [-0.2, 0) is 0 Å². The lowest BCUT2D eigenvalue weighted by Crippen LogP contribution is -2.42. The zero-order valence-electron chi connectivity index (χ0n) is 15.6. The van der Waals surface area contributed by atoms with Crippen LogP contribution >= 0.6 is 0 Å². The Hall–Kier alpha value is -1.75. The van der Waals surface area contributed by atoms with Gasteiger partial charge < -0.3 is 20.2 Å². The van der Waals surface area contributed by atoms with Gasteiger partial charge in [-0.05, 0) is 86.3 Å². The van der Waals surface area contributed by atoms with Gasteiger partial charge in [0.05, 0.1) is 18.4 Å². The van der Waals surface area contributed by atoms with E-state index in [-0.39, 0.29) is 17.3 Å². The van der Waals surface area contributed by atoms with Crippen molar-refractivity contribution in [1.82, 2.24) is 0 Å². The summed E-state index contributed by atoms with van der Waals surface area (Å²) in [5.74, 6) is 1.91. The van der Waals surface area contributed by atoms with E-state index in [1.165, 1.54) is 0 Å². The highest BCUT2D eigenvalue weighted by atomic mass is 16.5. The molecule has 1 aromatic rings. The van der Waals surface area contributed by atoms with Crippen molar-refractivity contribution >= 4 is 5.71 Å². The summed E-state index contributed by atoms with van der Waals surface area (Å²) >= 11 is 0. The van der Waals surface area contributed by atoms with Crippen LogP contribution in [0.15, 0.2) is 17.3 Å². The average molecular weight is 359 g/mol. The molecule has 3 unspecified atom stereocenters. The van der Waals surface area contributed by atoms with Crippen molar-refractivity contribution in [3.05, 3.63) is 23.3 Å². The zero-order valence-corrected chi connectivity index (χ0v) is 15.6. The second kappa shape index (κ2) is 6.45. The fourth-order valence-corrected chi connectivity index (χ4v) is 6.00. The SMILES string of the molecule is CCOc1cc2c(cc1O)/C(=N\O)CCC1C2CC[C@@]2(C)C1CC[C@@H]2O. The highest BCUT2D eigenvalue weighted by Crippen LogP contribution is 2.60. The molecule has 0 radical (unpaired) electrons. The molecule has 0 saturated heterocycles. The molecule has 0 heterocycles. The summed E-state index contributed by atoms with van der Waals surface area (Å²) < 4.78 is 5.62. The van der Waals surface area contributed by atoms with Gasteiger partial charge in [0.2, 0.25) is 0 Å².